The maximum Gasteiger partial charge on any atom is 0.273 e. The minimum atomic E-state index is -0.666. The molecule has 1 unspecified atom stereocenters. The number of fused-ring (bicyclic) bond motifs is 2. The molecule has 0 spiro atoms. The first kappa shape index (κ1) is 16.0. The van der Waals surface area contributed by atoms with E-state index in [4.69, 9.17) is 0 Å². The van der Waals surface area contributed by atoms with Crippen molar-refractivity contribution in [3.8, 4) is 0 Å². The van der Waals surface area contributed by atoms with Gasteiger partial charge < -0.3 is 4.90 Å². The highest BCUT2D eigenvalue weighted by molar-refractivity contribution is 6.07. The van der Waals surface area contributed by atoms with E-state index in [2.05, 4.69) is 0 Å². The number of carbonyl (C=O) groups excluding carboxylic acids is 1. The van der Waals surface area contributed by atoms with Crippen LogP contribution in [0.5, 0.6) is 0 Å². The lowest BCUT2D eigenvalue weighted by atomic mass is 9.90. The van der Waals surface area contributed by atoms with Crippen molar-refractivity contribution in [3.63, 3.8) is 0 Å². The zero-order chi connectivity index (χ0) is 18.3. The van der Waals surface area contributed by atoms with Crippen LogP contribution in [0.1, 0.15) is 17.0 Å². The van der Waals surface area contributed by atoms with Gasteiger partial charge in [0.2, 0.25) is 5.91 Å². The van der Waals surface area contributed by atoms with E-state index in [9.17, 15) is 14.9 Å². The molecule has 2 aromatic rings. The Kier molecular flexibility index (Phi) is 3.77. The monoisotopic (exact) mass is 344 g/mol. The molecule has 4 rings (SSSR count). The van der Waals surface area contributed by atoms with E-state index < -0.39 is 10.8 Å². The average Bonchev–Trinajstić information content (AvgIpc) is 2.85. The Balaban J connectivity index is 1.99. The predicted octanol–water partition coefficient (Wildman–Crippen LogP) is 2.39. The molecule has 5 heteroatoms. The lowest BCUT2D eigenvalue weighted by Gasteiger charge is -2.11. The van der Waals surface area contributed by atoms with Gasteiger partial charge in [-0.15, -0.1) is 0 Å². The van der Waals surface area contributed by atoms with E-state index in [-0.39, 0.29) is 11.6 Å². The standard InChI is InChI=1S/C21H16N2O3/c1-22-19-13-15-9-5-3-2-4-8-14(15)12-17(19)20(21(22)24)16-10-6-7-11-18(16)23(25)26/h2-13,20H,1H3. The van der Waals surface area contributed by atoms with Crippen LogP contribution in [0.25, 0.3) is 12.2 Å². The van der Waals surface area contributed by atoms with Gasteiger partial charge in [-0.3, -0.25) is 14.9 Å². The molecule has 5 nitrogen and oxygen atoms in total. The quantitative estimate of drug-likeness (QED) is 0.621. The number of hydrogen-bond acceptors (Lipinski definition) is 3. The maximum absolute atomic E-state index is 12.9. The highest BCUT2D eigenvalue weighted by Crippen LogP contribution is 2.41. The van der Waals surface area contributed by atoms with Crippen LogP contribution in [0.4, 0.5) is 11.4 Å². The SMILES string of the molecule is CN1C(=O)C(c2ccccc2[N+](=O)[O-])c2cc3c(cc21)=CC=CC=CC=3. The fourth-order valence-electron chi connectivity index (χ4n) is 3.54. The van der Waals surface area contributed by atoms with Gasteiger partial charge in [0.05, 0.1) is 10.8 Å². The van der Waals surface area contributed by atoms with Gasteiger partial charge in [-0.05, 0) is 28.1 Å². The van der Waals surface area contributed by atoms with Crippen LogP contribution in [0.2, 0.25) is 0 Å². The minimum Gasteiger partial charge on any atom is -0.314 e. The molecule has 128 valence electrons. The van der Waals surface area contributed by atoms with Crippen molar-refractivity contribution >= 4 is 29.4 Å². The summed E-state index contributed by atoms with van der Waals surface area (Å²) >= 11 is 0. The van der Waals surface area contributed by atoms with Crippen LogP contribution in [0.15, 0.2) is 60.7 Å². The topological polar surface area (TPSA) is 63.5 Å². The van der Waals surface area contributed by atoms with Crippen molar-refractivity contribution in [2.45, 2.75) is 5.92 Å². The third kappa shape index (κ3) is 2.45. The van der Waals surface area contributed by atoms with E-state index in [1.54, 1.807) is 30.1 Å². The maximum atomic E-state index is 12.9. The highest BCUT2D eigenvalue weighted by atomic mass is 16.6. The zero-order valence-corrected chi connectivity index (χ0v) is 14.1. The summed E-state index contributed by atoms with van der Waals surface area (Å²) in [5.74, 6) is -0.821. The molecule has 1 aliphatic heterocycles. The number of nitro benzene ring substituents is 1. The summed E-state index contributed by atoms with van der Waals surface area (Å²) in [5.41, 5.74) is 1.99. The molecule has 2 aliphatic rings. The number of carbonyl (C=O) groups is 1. The Bertz CT molecular complexity index is 1110. The molecule has 2 aromatic carbocycles. The van der Waals surface area contributed by atoms with E-state index in [0.717, 1.165) is 21.7 Å². The Hall–Kier alpha value is -3.47. The Labute approximate surface area is 150 Å². The van der Waals surface area contributed by atoms with Crippen LogP contribution >= 0.6 is 0 Å². The van der Waals surface area contributed by atoms with Crippen LogP contribution < -0.4 is 15.3 Å². The number of hydrogen-bond donors (Lipinski definition) is 0. The molecule has 1 heterocycles. The van der Waals surface area contributed by atoms with Crippen molar-refractivity contribution < 1.29 is 9.72 Å². The molecular weight excluding hydrogens is 328 g/mol. The van der Waals surface area contributed by atoms with Crippen molar-refractivity contribution in [1.82, 2.24) is 0 Å². The third-order valence-electron chi connectivity index (χ3n) is 4.81. The van der Waals surface area contributed by atoms with Crippen LogP contribution in [-0.4, -0.2) is 17.9 Å². The Morgan fingerprint density at radius 1 is 0.962 bits per heavy atom. The molecular formula is C21H16N2O3. The molecule has 26 heavy (non-hydrogen) atoms. The molecule has 1 aliphatic carbocycles. The molecule has 0 saturated carbocycles. The largest absolute Gasteiger partial charge is 0.314 e. The van der Waals surface area contributed by atoms with Crippen LogP contribution in [0, 0.1) is 10.1 Å². The fourth-order valence-corrected chi connectivity index (χ4v) is 3.54. The van der Waals surface area contributed by atoms with Gasteiger partial charge >= 0.3 is 0 Å². The van der Waals surface area contributed by atoms with E-state index in [1.165, 1.54) is 6.07 Å². The van der Waals surface area contributed by atoms with Gasteiger partial charge in [-0.25, -0.2) is 0 Å². The van der Waals surface area contributed by atoms with Crippen molar-refractivity contribution in [2.24, 2.45) is 0 Å². The Morgan fingerprint density at radius 2 is 1.62 bits per heavy atom. The number of allylic oxidation sites excluding steroid dienone is 4. The number of rotatable bonds is 2. The second-order valence-corrected chi connectivity index (χ2v) is 6.29. The number of anilines is 1. The average molecular weight is 344 g/mol. The summed E-state index contributed by atoms with van der Waals surface area (Å²) in [6, 6.07) is 10.4. The highest BCUT2D eigenvalue weighted by Gasteiger charge is 2.39. The van der Waals surface area contributed by atoms with Crippen LogP contribution in [0.3, 0.4) is 0 Å². The smallest absolute Gasteiger partial charge is 0.273 e. The van der Waals surface area contributed by atoms with Gasteiger partial charge in [0.1, 0.15) is 0 Å². The number of nitrogens with zero attached hydrogens (tertiary/aromatic N) is 2. The first-order valence-electron chi connectivity index (χ1n) is 8.28. The molecule has 0 N–H and O–H groups in total. The number of para-hydroxylation sites is 1. The summed E-state index contributed by atoms with van der Waals surface area (Å²) in [7, 11) is 1.71. The molecule has 1 amide bonds. The van der Waals surface area contributed by atoms with E-state index in [0.29, 0.717) is 5.56 Å². The zero-order valence-electron chi connectivity index (χ0n) is 14.1. The first-order valence-corrected chi connectivity index (χ1v) is 8.28. The van der Waals surface area contributed by atoms with Gasteiger partial charge in [0, 0.05) is 24.4 Å². The molecule has 1 atom stereocenters. The lowest BCUT2D eigenvalue weighted by molar-refractivity contribution is -0.385. The lowest BCUT2D eigenvalue weighted by Crippen LogP contribution is -2.26. The number of benzene rings is 2. The molecule has 0 aromatic heterocycles. The molecule has 0 fully saturated rings. The fraction of sp³-hybridized carbons (Fsp3) is 0.0952. The van der Waals surface area contributed by atoms with Gasteiger partial charge in [0.25, 0.3) is 5.69 Å². The normalized spacial score (nSPS) is 17.7. The summed E-state index contributed by atoms with van der Waals surface area (Å²) in [6.45, 7) is 0. The van der Waals surface area contributed by atoms with Crippen LogP contribution in [-0.2, 0) is 4.79 Å². The van der Waals surface area contributed by atoms with Crippen molar-refractivity contribution in [1.29, 1.82) is 0 Å². The van der Waals surface area contributed by atoms with Gasteiger partial charge in [-0.2, -0.15) is 0 Å². The minimum absolute atomic E-state index is 0.0304. The Morgan fingerprint density at radius 3 is 2.31 bits per heavy atom. The number of nitro groups is 1. The number of amides is 1. The predicted molar refractivity (Wildman–Crippen MR) is 101 cm³/mol. The second-order valence-electron chi connectivity index (χ2n) is 6.29. The first-order chi connectivity index (χ1) is 12.6. The molecule has 0 bridgehead atoms. The van der Waals surface area contributed by atoms with E-state index >= 15 is 0 Å². The van der Waals surface area contributed by atoms with Crippen molar-refractivity contribution in [2.75, 3.05) is 11.9 Å². The summed E-state index contributed by atoms with van der Waals surface area (Å²) in [4.78, 5) is 25.5. The summed E-state index contributed by atoms with van der Waals surface area (Å²) < 4.78 is 0. The summed E-state index contributed by atoms with van der Waals surface area (Å²) in [6.07, 6.45) is 11.7. The van der Waals surface area contributed by atoms with Gasteiger partial charge in [-0.1, -0.05) is 54.7 Å². The van der Waals surface area contributed by atoms with Crippen molar-refractivity contribution in [3.05, 3.63) is 92.4 Å². The van der Waals surface area contributed by atoms with E-state index in [1.807, 2.05) is 48.6 Å². The second kappa shape index (κ2) is 6.11. The molecule has 0 saturated heterocycles. The summed E-state index contributed by atoms with van der Waals surface area (Å²) in [5, 5.41) is 13.4. The third-order valence-corrected chi connectivity index (χ3v) is 4.81. The number of likely N-dealkylation sites (N-methyl/N-ethyl adjacent to an activating group) is 1. The van der Waals surface area contributed by atoms with Gasteiger partial charge in [0.15, 0.2) is 0 Å². The molecule has 0 radical (unpaired) electrons.